The minimum absolute atomic E-state index is 0.0880. The van der Waals surface area contributed by atoms with Gasteiger partial charge in [0.15, 0.2) is 0 Å². The van der Waals surface area contributed by atoms with Crippen LogP contribution in [0.2, 0.25) is 0 Å². The normalized spacial score (nSPS) is 24.4. The molecule has 0 amide bonds. The Bertz CT molecular complexity index is 497. The first-order chi connectivity index (χ1) is 13.6. The van der Waals surface area contributed by atoms with Crippen LogP contribution in [0.5, 0.6) is 0 Å². The highest BCUT2D eigenvalue weighted by atomic mass is 32.2. The number of hydrogen-bond donors (Lipinski definition) is 0. The van der Waals surface area contributed by atoms with Gasteiger partial charge in [-0.25, -0.2) is 0 Å². The quantitative estimate of drug-likeness (QED) is 0.294. The summed E-state index contributed by atoms with van der Waals surface area (Å²) in [7, 11) is 0. The van der Waals surface area contributed by atoms with E-state index in [1.807, 2.05) is 32.5 Å². The minimum Gasteiger partial charge on any atom is -0.396 e. The second-order valence-corrected chi connectivity index (χ2v) is 8.68. The number of hydrogen-bond acceptors (Lipinski definition) is 7. The molecule has 0 spiro atoms. The first-order valence-corrected chi connectivity index (χ1v) is 11.8. The first kappa shape index (κ1) is 24.8. The van der Waals surface area contributed by atoms with Crippen molar-refractivity contribution in [2.75, 3.05) is 25.6 Å². The van der Waals surface area contributed by atoms with E-state index in [2.05, 4.69) is 36.2 Å². The molecule has 1 rings (SSSR count). The summed E-state index contributed by atoms with van der Waals surface area (Å²) in [5.74, 6) is 1.53. The molecular formula is C21H39N3O3S. The maximum Gasteiger partial charge on any atom is 0.114 e. The van der Waals surface area contributed by atoms with Crippen molar-refractivity contribution in [3.05, 3.63) is 0 Å². The van der Waals surface area contributed by atoms with Gasteiger partial charge in [-0.2, -0.15) is 11.8 Å². The van der Waals surface area contributed by atoms with E-state index in [1.54, 1.807) is 0 Å². The van der Waals surface area contributed by atoms with Crippen molar-refractivity contribution in [1.82, 2.24) is 0 Å². The third-order valence-electron chi connectivity index (χ3n) is 4.55. The number of thioether (sulfide) groups is 1. The molecule has 0 saturated heterocycles. The second kappa shape index (κ2) is 14.7. The van der Waals surface area contributed by atoms with E-state index in [0.717, 1.165) is 55.0 Å². The Balaban J connectivity index is 3.22. The van der Waals surface area contributed by atoms with E-state index in [1.165, 1.54) is 0 Å². The maximum absolute atomic E-state index is 5.48. The van der Waals surface area contributed by atoms with Crippen molar-refractivity contribution in [1.29, 1.82) is 0 Å². The molecule has 6 nitrogen and oxygen atoms in total. The number of oxime groups is 3. The van der Waals surface area contributed by atoms with Gasteiger partial charge in [0.25, 0.3) is 0 Å². The average molecular weight is 414 g/mol. The monoisotopic (exact) mass is 413 g/mol. The van der Waals surface area contributed by atoms with Crippen molar-refractivity contribution >= 4 is 28.9 Å². The summed E-state index contributed by atoms with van der Waals surface area (Å²) in [6.45, 7) is 14.2. The van der Waals surface area contributed by atoms with Gasteiger partial charge < -0.3 is 14.5 Å². The first-order valence-electron chi connectivity index (χ1n) is 10.8. The van der Waals surface area contributed by atoms with Crippen molar-refractivity contribution in [3.8, 4) is 0 Å². The van der Waals surface area contributed by atoms with Crippen LogP contribution in [0, 0.1) is 11.8 Å². The fourth-order valence-electron chi connectivity index (χ4n) is 3.59. The third-order valence-corrected chi connectivity index (χ3v) is 5.65. The van der Waals surface area contributed by atoms with Gasteiger partial charge in [0.1, 0.15) is 19.8 Å². The fourth-order valence-corrected chi connectivity index (χ4v) is 4.56. The third kappa shape index (κ3) is 8.41. The van der Waals surface area contributed by atoms with Crippen LogP contribution in [0.4, 0.5) is 0 Å². The molecule has 1 aliphatic rings. The Kier molecular flexibility index (Phi) is 13.0. The maximum atomic E-state index is 5.48. The molecule has 0 bridgehead atoms. The van der Waals surface area contributed by atoms with Gasteiger partial charge in [0, 0.05) is 5.25 Å². The van der Waals surface area contributed by atoms with Crippen molar-refractivity contribution in [2.24, 2.45) is 27.3 Å². The molecule has 0 aliphatic heterocycles. The molecule has 0 radical (unpaired) electrons. The van der Waals surface area contributed by atoms with Gasteiger partial charge >= 0.3 is 0 Å². The summed E-state index contributed by atoms with van der Waals surface area (Å²) in [6.07, 6.45) is 4.76. The highest BCUT2D eigenvalue weighted by Crippen LogP contribution is 2.33. The molecule has 1 atom stereocenters. The predicted octanol–water partition coefficient (Wildman–Crippen LogP) is 5.52. The lowest BCUT2D eigenvalue weighted by atomic mass is 9.74. The summed E-state index contributed by atoms with van der Waals surface area (Å²) in [4.78, 5) is 16.4. The van der Waals surface area contributed by atoms with E-state index in [0.29, 0.717) is 31.0 Å². The lowest BCUT2D eigenvalue weighted by Crippen LogP contribution is -2.40. The Morgan fingerprint density at radius 2 is 1.54 bits per heavy atom. The molecule has 28 heavy (non-hydrogen) atoms. The van der Waals surface area contributed by atoms with Crippen LogP contribution in [-0.2, 0) is 14.5 Å². The van der Waals surface area contributed by atoms with Crippen LogP contribution in [0.15, 0.2) is 15.5 Å². The highest BCUT2D eigenvalue weighted by Gasteiger charge is 2.37. The van der Waals surface area contributed by atoms with Crippen LogP contribution < -0.4 is 0 Å². The van der Waals surface area contributed by atoms with Crippen LogP contribution in [0.1, 0.15) is 73.6 Å². The van der Waals surface area contributed by atoms with Crippen LogP contribution in [0.25, 0.3) is 0 Å². The molecule has 1 saturated carbocycles. The SMILES string of the molecule is CCC/C(=N/OCC)C1/C(=N\OCC)CC(C[C@H](C)SCC)C/C1=N/OCC. The topological polar surface area (TPSA) is 64.8 Å². The van der Waals surface area contributed by atoms with Gasteiger partial charge in [-0.1, -0.05) is 42.7 Å². The minimum atomic E-state index is -0.0880. The lowest BCUT2D eigenvalue weighted by Gasteiger charge is -2.32. The molecule has 0 N–H and O–H groups in total. The van der Waals surface area contributed by atoms with E-state index in [4.69, 9.17) is 14.5 Å². The summed E-state index contributed by atoms with van der Waals surface area (Å²) in [5, 5.41) is 14.0. The molecular weight excluding hydrogens is 374 g/mol. The standard InChI is InChI=1S/C21H39N3O3S/c1-7-12-18(22-25-8-2)21-19(23-26-9-3)14-17(13-16(6)28-11-5)15-20(21)24-27-10-4/h16-17,21H,7-15H2,1-6H3/b22-18-,23-19-,24-20-/t16-,17?,21?/m0/s1. The second-order valence-electron chi connectivity index (χ2n) is 6.96. The predicted molar refractivity (Wildman–Crippen MR) is 121 cm³/mol. The molecule has 1 fully saturated rings. The van der Waals surface area contributed by atoms with Crippen LogP contribution >= 0.6 is 11.8 Å². The average Bonchev–Trinajstić information content (AvgIpc) is 2.68. The number of rotatable bonds is 13. The molecule has 162 valence electrons. The summed E-state index contributed by atoms with van der Waals surface area (Å²) in [5.41, 5.74) is 2.96. The largest absolute Gasteiger partial charge is 0.396 e. The van der Waals surface area contributed by atoms with Gasteiger partial charge in [0.2, 0.25) is 0 Å². The van der Waals surface area contributed by atoms with E-state index >= 15 is 0 Å². The van der Waals surface area contributed by atoms with Gasteiger partial charge in [-0.05, 0) is 58.1 Å². The Hall–Kier alpha value is -1.24. The van der Waals surface area contributed by atoms with Crippen molar-refractivity contribution in [3.63, 3.8) is 0 Å². The fraction of sp³-hybridized carbons (Fsp3) is 0.857. The lowest BCUT2D eigenvalue weighted by molar-refractivity contribution is 0.150. The van der Waals surface area contributed by atoms with Crippen LogP contribution in [-0.4, -0.2) is 48.0 Å². The zero-order chi connectivity index (χ0) is 20.8. The van der Waals surface area contributed by atoms with Gasteiger partial charge in [-0.15, -0.1) is 0 Å². The molecule has 0 unspecified atom stereocenters. The highest BCUT2D eigenvalue weighted by molar-refractivity contribution is 7.99. The Morgan fingerprint density at radius 3 is 2.00 bits per heavy atom. The van der Waals surface area contributed by atoms with Gasteiger partial charge in [0.05, 0.1) is 23.1 Å². The summed E-state index contributed by atoms with van der Waals surface area (Å²) in [6, 6.07) is 0. The molecule has 0 aromatic heterocycles. The Morgan fingerprint density at radius 1 is 0.964 bits per heavy atom. The van der Waals surface area contributed by atoms with Crippen molar-refractivity contribution in [2.45, 2.75) is 78.9 Å². The number of nitrogens with zero attached hydrogens (tertiary/aromatic N) is 3. The zero-order valence-corrected chi connectivity index (χ0v) is 19.4. The van der Waals surface area contributed by atoms with E-state index in [9.17, 15) is 0 Å². The molecule has 7 heteroatoms. The van der Waals surface area contributed by atoms with Crippen LogP contribution in [0.3, 0.4) is 0 Å². The molecule has 0 heterocycles. The smallest absolute Gasteiger partial charge is 0.114 e. The van der Waals surface area contributed by atoms with E-state index in [-0.39, 0.29) is 5.92 Å². The van der Waals surface area contributed by atoms with E-state index < -0.39 is 0 Å². The Labute approximate surface area is 175 Å². The zero-order valence-electron chi connectivity index (χ0n) is 18.6. The summed E-state index contributed by atoms with van der Waals surface area (Å²) < 4.78 is 0. The summed E-state index contributed by atoms with van der Waals surface area (Å²) >= 11 is 2.00. The van der Waals surface area contributed by atoms with Crippen molar-refractivity contribution < 1.29 is 14.5 Å². The molecule has 0 aromatic carbocycles. The molecule has 0 aromatic rings. The molecule has 1 aliphatic carbocycles. The van der Waals surface area contributed by atoms with Gasteiger partial charge in [-0.3, -0.25) is 0 Å².